The molecule has 2 aromatic heterocycles. The molecule has 0 spiro atoms. The topological polar surface area (TPSA) is 37.8 Å². The molecule has 0 aliphatic heterocycles. The van der Waals surface area contributed by atoms with Crippen LogP contribution in [-0.2, 0) is 0 Å². The number of thiazole rings is 1. The van der Waals surface area contributed by atoms with Gasteiger partial charge in [-0.05, 0) is 30.7 Å². The summed E-state index contributed by atoms with van der Waals surface area (Å²) in [4.78, 5) is 8.73. The smallest absolute Gasteiger partial charge is 0.189 e. The lowest BCUT2D eigenvalue weighted by Gasteiger charge is -1.99. The maximum absolute atomic E-state index is 4.47. The van der Waals surface area contributed by atoms with Crippen LogP contribution in [0.15, 0.2) is 42.6 Å². The van der Waals surface area contributed by atoms with Crippen molar-refractivity contribution in [1.29, 1.82) is 0 Å². The highest BCUT2D eigenvalue weighted by Gasteiger charge is 2.06. The van der Waals surface area contributed by atoms with E-state index < -0.39 is 0 Å². The highest BCUT2D eigenvalue weighted by molar-refractivity contribution is 7.22. The highest BCUT2D eigenvalue weighted by atomic mass is 32.1. The number of nitrogens with zero attached hydrogens (tertiary/aromatic N) is 2. The molecule has 17 heavy (non-hydrogen) atoms. The van der Waals surface area contributed by atoms with Crippen LogP contribution in [0.25, 0.3) is 10.3 Å². The summed E-state index contributed by atoms with van der Waals surface area (Å²) < 4.78 is 1.14. The van der Waals surface area contributed by atoms with Crippen LogP contribution >= 0.6 is 11.3 Å². The Kier molecular flexibility index (Phi) is 2.49. The Morgan fingerprint density at radius 1 is 1.12 bits per heavy atom. The molecule has 2 heterocycles. The lowest BCUT2D eigenvalue weighted by atomic mass is 10.3. The number of nitrogens with one attached hydrogen (secondary N) is 1. The zero-order valence-electron chi connectivity index (χ0n) is 9.34. The maximum Gasteiger partial charge on any atom is 0.189 e. The van der Waals surface area contributed by atoms with Gasteiger partial charge in [0.15, 0.2) is 10.8 Å². The summed E-state index contributed by atoms with van der Waals surface area (Å²) in [5.41, 5.74) is 3.08. The number of hydrogen-bond donors (Lipinski definition) is 1. The molecule has 0 radical (unpaired) electrons. The predicted molar refractivity (Wildman–Crippen MR) is 71.9 cm³/mol. The van der Waals surface area contributed by atoms with Gasteiger partial charge in [-0.25, -0.2) is 4.98 Å². The lowest BCUT2D eigenvalue weighted by molar-refractivity contribution is 1.30. The highest BCUT2D eigenvalue weighted by Crippen LogP contribution is 2.28. The molecular formula is C13H11N3S. The first-order valence-corrected chi connectivity index (χ1v) is 6.19. The van der Waals surface area contributed by atoms with Crippen LogP contribution in [0, 0.1) is 6.92 Å². The van der Waals surface area contributed by atoms with E-state index in [1.807, 2.05) is 36.4 Å². The monoisotopic (exact) mass is 241 g/mol. The van der Waals surface area contributed by atoms with Crippen molar-refractivity contribution in [3.63, 3.8) is 0 Å². The van der Waals surface area contributed by atoms with E-state index in [-0.39, 0.29) is 0 Å². The van der Waals surface area contributed by atoms with Crippen molar-refractivity contribution >= 4 is 32.5 Å². The van der Waals surface area contributed by atoms with Crippen molar-refractivity contribution in [2.24, 2.45) is 0 Å². The molecule has 0 saturated carbocycles. The summed E-state index contributed by atoms with van der Waals surface area (Å²) in [5, 5.41) is 4.17. The fraction of sp³-hybridized carbons (Fsp3) is 0.0769. The Morgan fingerprint density at radius 3 is 2.71 bits per heavy atom. The normalized spacial score (nSPS) is 10.6. The molecule has 3 aromatic rings. The van der Waals surface area contributed by atoms with Gasteiger partial charge < -0.3 is 5.32 Å². The largest absolute Gasteiger partial charge is 0.331 e. The molecule has 1 aromatic carbocycles. The molecule has 0 aliphatic rings. The third-order valence-corrected chi connectivity index (χ3v) is 3.61. The zero-order chi connectivity index (χ0) is 11.7. The average molecular weight is 241 g/mol. The quantitative estimate of drug-likeness (QED) is 0.742. The minimum absolute atomic E-state index is 0.813. The van der Waals surface area contributed by atoms with Crippen LogP contribution < -0.4 is 5.32 Å². The second-order valence-electron chi connectivity index (χ2n) is 3.79. The van der Waals surface area contributed by atoms with Crippen LogP contribution in [-0.4, -0.2) is 9.97 Å². The van der Waals surface area contributed by atoms with Gasteiger partial charge in [-0.2, -0.15) is 4.98 Å². The van der Waals surface area contributed by atoms with Gasteiger partial charge in [0.25, 0.3) is 0 Å². The molecule has 4 heteroatoms. The number of aryl methyl sites for hydroxylation is 1. The van der Waals surface area contributed by atoms with Crippen molar-refractivity contribution < 1.29 is 0 Å². The Balaban J connectivity index is 1.99. The summed E-state index contributed by atoms with van der Waals surface area (Å²) in [5.74, 6) is 0. The zero-order valence-corrected chi connectivity index (χ0v) is 10.2. The number of rotatable bonds is 2. The molecule has 84 valence electrons. The van der Waals surface area contributed by atoms with Crippen molar-refractivity contribution in [2.45, 2.75) is 6.92 Å². The summed E-state index contributed by atoms with van der Waals surface area (Å²) in [6.07, 6.45) is 1.80. The molecule has 0 aliphatic carbocycles. The summed E-state index contributed by atoms with van der Waals surface area (Å²) in [6.45, 7) is 2.08. The number of anilines is 2. The van der Waals surface area contributed by atoms with Gasteiger partial charge in [0.2, 0.25) is 0 Å². The van der Waals surface area contributed by atoms with Gasteiger partial charge in [-0.1, -0.05) is 29.5 Å². The van der Waals surface area contributed by atoms with Gasteiger partial charge in [-0.15, -0.1) is 0 Å². The van der Waals surface area contributed by atoms with E-state index in [4.69, 9.17) is 0 Å². The van der Waals surface area contributed by atoms with E-state index in [1.54, 1.807) is 17.5 Å². The summed E-state index contributed by atoms with van der Waals surface area (Å²) in [6, 6.07) is 12.0. The SMILES string of the molecule is Cc1ccnc2nc(Nc3ccccc3)sc12. The number of benzene rings is 1. The van der Waals surface area contributed by atoms with Crippen LogP contribution in [0.4, 0.5) is 10.8 Å². The molecule has 3 rings (SSSR count). The van der Waals surface area contributed by atoms with Crippen LogP contribution in [0.1, 0.15) is 5.56 Å². The lowest BCUT2D eigenvalue weighted by Crippen LogP contribution is -1.87. The number of para-hydroxylation sites is 1. The Bertz CT molecular complexity index is 646. The number of hydrogen-bond acceptors (Lipinski definition) is 4. The summed E-state index contributed by atoms with van der Waals surface area (Å²) in [7, 11) is 0. The molecule has 3 nitrogen and oxygen atoms in total. The minimum atomic E-state index is 0.813. The van der Waals surface area contributed by atoms with E-state index in [9.17, 15) is 0 Å². The van der Waals surface area contributed by atoms with Gasteiger partial charge in [0.05, 0.1) is 4.70 Å². The molecule has 0 bridgehead atoms. The van der Waals surface area contributed by atoms with Crippen molar-refractivity contribution in [3.8, 4) is 0 Å². The second kappa shape index (κ2) is 4.14. The number of pyridine rings is 1. The predicted octanol–water partition coefficient (Wildman–Crippen LogP) is 3.74. The van der Waals surface area contributed by atoms with E-state index in [2.05, 4.69) is 22.2 Å². The van der Waals surface area contributed by atoms with Crippen molar-refractivity contribution in [1.82, 2.24) is 9.97 Å². The maximum atomic E-state index is 4.47. The first-order chi connectivity index (χ1) is 8.33. The van der Waals surface area contributed by atoms with E-state index >= 15 is 0 Å². The third kappa shape index (κ3) is 1.99. The number of fused-ring (bicyclic) bond motifs is 1. The van der Waals surface area contributed by atoms with E-state index in [0.717, 1.165) is 21.2 Å². The first-order valence-electron chi connectivity index (χ1n) is 5.37. The fourth-order valence-electron chi connectivity index (χ4n) is 1.65. The van der Waals surface area contributed by atoms with Crippen molar-refractivity contribution in [3.05, 3.63) is 48.2 Å². The fourth-order valence-corrected chi connectivity index (χ4v) is 2.56. The Hall–Kier alpha value is -1.94. The molecule has 0 amide bonds. The molecule has 0 unspecified atom stereocenters. The number of aromatic nitrogens is 2. The molecule has 0 atom stereocenters. The van der Waals surface area contributed by atoms with Crippen molar-refractivity contribution in [2.75, 3.05) is 5.32 Å². The van der Waals surface area contributed by atoms with Crippen LogP contribution in [0.3, 0.4) is 0 Å². The Labute approximate surface area is 103 Å². The van der Waals surface area contributed by atoms with Crippen LogP contribution in [0.2, 0.25) is 0 Å². The van der Waals surface area contributed by atoms with E-state index in [0.29, 0.717) is 0 Å². The molecule has 1 N–H and O–H groups in total. The van der Waals surface area contributed by atoms with Gasteiger partial charge >= 0.3 is 0 Å². The van der Waals surface area contributed by atoms with Gasteiger partial charge in [0, 0.05) is 11.9 Å². The Morgan fingerprint density at radius 2 is 1.94 bits per heavy atom. The molecule has 0 saturated heterocycles. The average Bonchev–Trinajstić information content (AvgIpc) is 2.74. The van der Waals surface area contributed by atoms with E-state index in [1.165, 1.54) is 5.56 Å². The molecular weight excluding hydrogens is 230 g/mol. The summed E-state index contributed by atoms with van der Waals surface area (Å²) >= 11 is 1.63. The first kappa shape index (κ1) is 10.2. The molecule has 0 fully saturated rings. The van der Waals surface area contributed by atoms with Crippen LogP contribution in [0.5, 0.6) is 0 Å². The van der Waals surface area contributed by atoms with Gasteiger partial charge in [-0.3, -0.25) is 0 Å². The standard InChI is InChI=1S/C13H11N3S/c1-9-7-8-14-12-11(9)17-13(16-12)15-10-5-3-2-4-6-10/h2-8H,1H3,(H,14,15,16). The second-order valence-corrected chi connectivity index (χ2v) is 4.79. The van der Waals surface area contributed by atoms with Gasteiger partial charge in [0.1, 0.15) is 0 Å². The third-order valence-electron chi connectivity index (χ3n) is 2.51. The minimum Gasteiger partial charge on any atom is -0.331 e.